The molecule has 0 aromatic heterocycles. The molecule has 10 heteroatoms. The van der Waals surface area contributed by atoms with Gasteiger partial charge in [-0.15, -0.1) is 0 Å². The number of nitrogens with one attached hydrogen (secondary N) is 3. The number of carbonyl (C=O) groups is 2. The minimum Gasteiger partial charge on any atom is -0.490 e. The first-order valence-electron chi connectivity index (χ1n) is 11.5. The highest BCUT2D eigenvalue weighted by molar-refractivity contribution is 6.13. The Labute approximate surface area is 206 Å². The molecule has 5 rings (SSSR count). The summed E-state index contributed by atoms with van der Waals surface area (Å²) in [5, 5.41) is 20.4. The average Bonchev–Trinajstić information content (AvgIpc) is 3.03. The van der Waals surface area contributed by atoms with E-state index in [1.54, 1.807) is 48.5 Å². The highest BCUT2D eigenvalue weighted by Gasteiger charge is 2.24. The van der Waals surface area contributed by atoms with Gasteiger partial charge in [-0.25, -0.2) is 0 Å². The summed E-state index contributed by atoms with van der Waals surface area (Å²) in [5.74, 6) is -0.269. The van der Waals surface area contributed by atoms with Gasteiger partial charge in [0, 0.05) is 30.9 Å². The Hall–Kier alpha value is -4.44. The molecule has 2 heterocycles. The van der Waals surface area contributed by atoms with Crippen LogP contribution < -0.4 is 20.7 Å². The minimum atomic E-state index is -0.499. The second-order valence-corrected chi connectivity index (χ2v) is 8.62. The molecule has 1 fully saturated rings. The quantitative estimate of drug-likeness (QED) is 0.342. The van der Waals surface area contributed by atoms with Crippen molar-refractivity contribution in [3.8, 4) is 16.9 Å². The zero-order valence-corrected chi connectivity index (χ0v) is 19.5. The zero-order valence-electron chi connectivity index (χ0n) is 19.5. The number of amides is 2. The van der Waals surface area contributed by atoms with E-state index in [4.69, 9.17) is 9.47 Å². The third kappa shape index (κ3) is 4.58. The van der Waals surface area contributed by atoms with E-state index in [1.807, 2.05) is 0 Å². The molecule has 36 heavy (non-hydrogen) atoms. The topological polar surface area (TPSA) is 132 Å². The predicted octanol–water partition coefficient (Wildman–Crippen LogP) is 4.94. The molecular formula is C26H24N4O6. The van der Waals surface area contributed by atoms with Gasteiger partial charge in [-0.1, -0.05) is 6.07 Å². The number of nitrogens with zero attached hydrogens (tertiary/aromatic N) is 1. The van der Waals surface area contributed by atoms with Crippen LogP contribution >= 0.6 is 0 Å². The van der Waals surface area contributed by atoms with E-state index in [0.717, 1.165) is 5.56 Å². The van der Waals surface area contributed by atoms with Crippen molar-refractivity contribution in [2.75, 3.05) is 36.3 Å². The summed E-state index contributed by atoms with van der Waals surface area (Å²) in [7, 11) is 1.38. The Morgan fingerprint density at radius 2 is 1.75 bits per heavy atom. The normalized spacial score (nSPS) is 15.0. The fourth-order valence-corrected chi connectivity index (χ4v) is 4.41. The Balaban J connectivity index is 1.44. The van der Waals surface area contributed by atoms with Crippen molar-refractivity contribution >= 4 is 40.3 Å². The maximum absolute atomic E-state index is 12.9. The van der Waals surface area contributed by atoms with Crippen LogP contribution in [0.25, 0.3) is 11.1 Å². The first kappa shape index (κ1) is 23.3. The Morgan fingerprint density at radius 1 is 1.00 bits per heavy atom. The molecule has 1 saturated heterocycles. The van der Waals surface area contributed by atoms with Crippen LogP contribution in [0.1, 0.15) is 23.2 Å². The smallest absolute Gasteiger partial charge is 0.310 e. The van der Waals surface area contributed by atoms with Gasteiger partial charge in [0.1, 0.15) is 0 Å². The number of carbonyl (C=O) groups excluding carboxylic acids is 2. The number of methoxy groups -OCH3 is 1. The molecule has 184 valence electrons. The van der Waals surface area contributed by atoms with Gasteiger partial charge in [-0.3, -0.25) is 19.7 Å². The first-order valence-corrected chi connectivity index (χ1v) is 11.5. The SMILES string of the molecule is COc1cc(-c2ccc3c(c2)Nc2cc(NC(=O)C4CCOCC4)ccc2NC3=O)ccc1[N+](=O)[O-]. The number of benzene rings is 3. The average molecular weight is 489 g/mol. The summed E-state index contributed by atoms with van der Waals surface area (Å²) in [5.41, 5.74) is 4.15. The van der Waals surface area contributed by atoms with Crippen molar-refractivity contribution < 1.29 is 24.0 Å². The Bertz CT molecular complexity index is 1370. The third-order valence-corrected chi connectivity index (χ3v) is 6.37. The number of hydrogen-bond donors (Lipinski definition) is 3. The molecule has 10 nitrogen and oxygen atoms in total. The fourth-order valence-electron chi connectivity index (χ4n) is 4.41. The van der Waals surface area contributed by atoms with E-state index in [0.29, 0.717) is 59.9 Å². The van der Waals surface area contributed by atoms with Crippen LogP contribution in [-0.2, 0) is 9.53 Å². The molecule has 0 saturated carbocycles. The zero-order chi connectivity index (χ0) is 25.2. The molecule has 0 aliphatic carbocycles. The van der Waals surface area contributed by atoms with Crippen molar-refractivity contribution in [1.82, 2.24) is 0 Å². The maximum Gasteiger partial charge on any atom is 0.310 e. The summed E-state index contributed by atoms with van der Waals surface area (Å²) in [4.78, 5) is 36.3. The van der Waals surface area contributed by atoms with E-state index in [2.05, 4.69) is 16.0 Å². The maximum atomic E-state index is 12.9. The highest BCUT2D eigenvalue weighted by Crippen LogP contribution is 2.38. The number of hydrogen-bond acceptors (Lipinski definition) is 7. The number of rotatable bonds is 5. The molecule has 3 aromatic carbocycles. The molecule has 2 aliphatic heterocycles. The van der Waals surface area contributed by atoms with Crippen molar-refractivity contribution in [2.45, 2.75) is 12.8 Å². The summed E-state index contributed by atoms with van der Waals surface area (Å²) in [6, 6.07) is 15.2. The number of ether oxygens (including phenoxy) is 2. The van der Waals surface area contributed by atoms with E-state index < -0.39 is 4.92 Å². The van der Waals surface area contributed by atoms with Crippen LogP contribution in [0.2, 0.25) is 0 Å². The molecule has 0 bridgehead atoms. The Morgan fingerprint density at radius 3 is 2.50 bits per heavy atom. The number of nitro benzene ring substituents is 1. The third-order valence-electron chi connectivity index (χ3n) is 6.37. The van der Waals surface area contributed by atoms with Gasteiger partial charge in [-0.2, -0.15) is 0 Å². The van der Waals surface area contributed by atoms with Gasteiger partial charge >= 0.3 is 5.69 Å². The Kier molecular flexibility index (Phi) is 6.26. The van der Waals surface area contributed by atoms with E-state index in [1.165, 1.54) is 13.2 Å². The van der Waals surface area contributed by atoms with Gasteiger partial charge < -0.3 is 25.4 Å². The lowest BCUT2D eigenvalue weighted by Gasteiger charge is -2.21. The minimum absolute atomic E-state index is 0.0503. The van der Waals surface area contributed by atoms with Gasteiger partial charge in [0.05, 0.1) is 34.7 Å². The van der Waals surface area contributed by atoms with Gasteiger partial charge in [0.15, 0.2) is 5.75 Å². The van der Waals surface area contributed by atoms with Gasteiger partial charge in [0.2, 0.25) is 5.91 Å². The van der Waals surface area contributed by atoms with Crippen LogP contribution in [0.3, 0.4) is 0 Å². The molecule has 0 radical (unpaired) electrons. The molecule has 3 N–H and O–H groups in total. The number of anilines is 4. The summed E-state index contributed by atoms with van der Waals surface area (Å²) < 4.78 is 10.5. The lowest BCUT2D eigenvalue weighted by Crippen LogP contribution is -2.28. The lowest BCUT2D eigenvalue weighted by atomic mass is 9.99. The molecular weight excluding hydrogens is 464 g/mol. The molecule has 3 aromatic rings. The van der Waals surface area contributed by atoms with Crippen molar-refractivity contribution in [2.24, 2.45) is 5.92 Å². The first-order chi connectivity index (χ1) is 17.4. The fraction of sp³-hybridized carbons (Fsp3) is 0.231. The second-order valence-electron chi connectivity index (χ2n) is 8.62. The lowest BCUT2D eigenvalue weighted by molar-refractivity contribution is -0.385. The standard InChI is InChI=1S/C26H24N4O6/c1-35-24-13-17(3-7-23(24)30(33)34)16-2-5-19-21(12-16)28-22-14-18(4-6-20(22)29-26(19)32)27-25(31)15-8-10-36-11-9-15/h2-7,12-15,28H,8-11H2,1H3,(H,27,31)(H,29,32). The van der Waals surface area contributed by atoms with Crippen LogP contribution in [0.15, 0.2) is 54.6 Å². The molecule has 0 atom stereocenters. The summed E-state index contributed by atoms with van der Waals surface area (Å²) in [6.07, 6.45) is 1.38. The van der Waals surface area contributed by atoms with Crippen LogP contribution in [0, 0.1) is 16.0 Å². The van der Waals surface area contributed by atoms with E-state index in [-0.39, 0.29) is 29.2 Å². The van der Waals surface area contributed by atoms with E-state index >= 15 is 0 Å². The summed E-state index contributed by atoms with van der Waals surface area (Å²) in [6.45, 7) is 1.16. The van der Waals surface area contributed by atoms with Crippen LogP contribution in [0.4, 0.5) is 28.4 Å². The van der Waals surface area contributed by atoms with Crippen molar-refractivity contribution in [1.29, 1.82) is 0 Å². The number of nitro groups is 1. The molecule has 0 spiro atoms. The van der Waals surface area contributed by atoms with Crippen molar-refractivity contribution in [3.63, 3.8) is 0 Å². The number of fused-ring (bicyclic) bond motifs is 2. The second kappa shape index (κ2) is 9.67. The van der Waals surface area contributed by atoms with Gasteiger partial charge in [-0.05, 0) is 66.4 Å². The van der Waals surface area contributed by atoms with Crippen LogP contribution in [-0.4, -0.2) is 37.1 Å². The monoisotopic (exact) mass is 488 g/mol. The van der Waals surface area contributed by atoms with Crippen molar-refractivity contribution in [3.05, 3.63) is 70.3 Å². The van der Waals surface area contributed by atoms with Crippen LogP contribution in [0.5, 0.6) is 5.75 Å². The van der Waals surface area contributed by atoms with E-state index in [9.17, 15) is 19.7 Å². The van der Waals surface area contributed by atoms with Gasteiger partial charge in [0.25, 0.3) is 5.91 Å². The predicted molar refractivity (Wildman–Crippen MR) is 135 cm³/mol. The molecule has 2 amide bonds. The highest BCUT2D eigenvalue weighted by atomic mass is 16.6. The molecule has 0 unspecified atom stereocenters. The molecule has 2 aliphatic rings. The summed E-state index contributed by atoms with van der Waals surface area (Å²) >= 11 is 0. The largest absolute Gasteiger partial charge is 0.490 e.